The van der Waals surface area contributed by atoms with Gasteiger partial charge in [0.1, 0.15) is 5.69 Å². The van der Waals surface area contributed by atoms with E-state index in [9.17, 15) is 9.59 Å². The van der Waals surface area contributed by atoms with Crippen molar-refractivity contribution in [1.29, 1.82) is 0 Å². The number of carbonyl (C=O) groups excluding carboxylic acids is 2. The number of primary amides is 1. The number of rotatable bonds is 6. The van der Waals surface area contributed by atoms with Gasteiger partial charge in [0.2, 0.25) is 17.6 Å². The summed E-state index contributed by atoms with van der Waals surface area (Å²) in [6.07, 6.45) is 1.68. The standard InChI is InChI=1S/C13H15N7O2/c1-8-4-5-15-9(6-8)13-19-17-11(18-20-13)7-16-12(22)3-2-10(14)21/h4-6H,2-3,7H2,1H3,(H2,14,21)(H,16,22). The van der Waals surface area contributed by atoms with Gasteiger partial charge in [-0.15, -0.1) is 20.4 Å². The van der Waals surface area contributed by atoms with Gasteiger partial charge in [0.15, 0.2) is 5.82 Å². The van der Waals surface area contributed by atoms with Crippen molar-refractivity contribution in [2.45, 2.75) is 26.3 Å². The molecule has 0 spiro atoms. The number of pyridine rings is 1. The van der Waals surface area contributed by atoms with Crippen molar-refractivity contribution in [3.8, 4) is 11.5 Å². The molecule has 0 atom stereocenters. The molecule has 2 amide bonds. The molecule has 9 heteroatoms. The SMILES string of the molecule is Cc1ccnc(-c2nnc(CNC(=O)CCC(N)=O)nn2)c1. The Hall–Kier alpha value is -2.97. The minimum atomic E-state index is -0.523. The largest absolute Gasteiger partial charge is 0.370 e. The fourth-order valence-electron chi connectivity index (χ4n) is 1.58. The fraction of sp³-hybridized carbons (Fsp3) is 0.308. The predicted octanol–water partition coefficient (Wildman–Crippen LogP) is -0.481. The number of carbonyl (C=O) groups is 2. The van der Waals surface area contributed by atoms with Crippen molar-refractivity contribution >= 4 is 11.8 Å². The Morgan fingerprint density at radius 3 is 2.55 bits per heavy atom. The van der Waals surface area contributed by atoms with Gasteiger partial charge < -0.3 is 11.1 Å². The summed E-state index contributed by atoms with van der Waals surface area (Å²) in [5.41, 5.74) is 6.57. The fourth-order valence-corrected chi connectivity index (χ4v) is 1.58. The third-order valence-corrected chi connectivity index (χ3v) is 2.71. The molecule has 0 fully saturated rings. The van der Waals surface area contributed by atoms with Crippen LogP contribution in [0.25, 0.3) is 11.5 Å². The third-order valence-electron chi connectivity index (χ3n) is 2.71. The van der Waals surface area contributed by atoms with Crippen LogP contribution in [0.1, 0.15) is 24.2 Å². The second-order valence-electron chi connectivity index (χ2n) is 4.60. The van der Waals surface area contributed by atoms with Gasteiger partial charge in [-0.2, -0.15) is 0 Å². The lowest BCUT2D eigenvalue weighted by atomic mass is 10.2. The molecule has 114 valence electrons. The molecule has 0 radical (unpaired) electrons. The lowest BCUT2D eigenvalue weighted by Gasteiger charge is -2.03. The molecule has 0 aromatic carbocycles. The Morgan fingerprint density at radius 1 is 1.18 bits per heavy atom. The Labute approximate surface area is 126 Å². The number of amides is 2. The van der Waals surface area contributed by atoms with E-state index >= 15 is 0 Å². The first-order valence-electron chi connectivity index (χ1n) is 6.59. The van der Waals surface area contributed by atoms with E-state index in [1.165, 1.54) is 0 Å². The number of aromatic nitrogens is 5. The number of nitrogens with two attached hydrogens (primary N) is 1. The average Bonchev–Trinajstić information content (AvgIpc) is 2.51. The highest BCUT2D eigenvalue weighted by atomic mass is 16.2. The van der Waals surface area contributed by atoms with Crippen molar-refractivity contribution in [2.24, 2.45) is 5.73 Å². The van der Waals surface area contributed by atoms with Crippen LogP contribution in [0.15, 0.2) is 18.3 Å². The normalized spacial score (nSPS) is 10.2. The third kappa shape index (κ3) is 4.54. The molecule has 2 aromatic rings. The van der Waals surface area contributed by atoms with Crippen molar-refractivity contribution in [3.05, 3.63) is 29.7 Å². The molecule has 0 aliphatic carbocycles. The maximum atomic E-state index is 11.4. The predicted molar refractivity (Wildman–Crippen MR) is 75.9 cm³/mol. The number of nitrogens with zero attached hydrogens (tertiary/aromatic N) is 5. The molecule has 2 aromatic heterocycles. The quantitative estimate of drug-likeness (QED) is 0.735. The van der Waals surface area contributed by atoms with Crippen molar-refractivity contribution in [3.63, 3.8) is 0 Å². The molecule has 2 heterocycles. The maximum absolute atomic E-state index is 11.4. The molecule has 0 unspecified atom stereocenters. The van der Waals surface area contributed by atoms with Crippen LogP contribution in [0.3, 0.4) is 0 Å². The summed E-state index contributed by atoms with van der Waals surface area (Å²) in [6.45, 7) is 2.02. The Morgan fingerprint density at radius 2 is 1.91 bits per heavy atom. The highest BCUT2D eigenvalue weighted by Crippen LogP contribution is 2.10. The molecule has 2 rings (SSSR count). The van der Waals surface area contributed by atoms with Gasteiger partial charge in [-0.25, -0.2) is 0 Å². The zero-order valence-electron chi connectivity index (χ0n) is 12.0. The van der Waals surface area contributed by atoms with Crippen molar-refractivity contribution in [1.82, 2.24) is 30.7 Å². The summed E-state index contributed by atoms with van der Waals surface area (Å²) >= 11 is 0. The van der Waals surface area contributed by atoms with Crippen LogP contribution in [0, 0.1) is 6.92 Å². The Bertz CT molecular complexity index is 672. The molecule has 9 nitrogen and oxygen atoms in total. The summed E-state index contributed by atoms with van der Waals surface area (Å²) < 4.78 is 0. The lowest BCUT2D eigenvalue weighted by molar-refractivity contribution is -0.125. The van der Waals surface area contributed by atoms with E-state index in [4.69, 9.17) is 5.73 Å². The summed E-state index contributed by atoms with van der Waals surface area (Å²) in [5.74, 6) is -0.257. The zero-order chi connectivity index (χ0) is 15.9. The van der Waals surface area contributed by atoms with Gasteiger partial charge >= 0.3 is 0 Å². The van der Waals surface area contributed by atoms with E-state index in [0.29, 0.717) is 11.5 Å². The molecule has 3 N–H and O–H groups in total. The van der Waals surface area contributed by atoms with E-state index in [0.717, 1.165) is 5.56 Å². The molecule has 0 saturated heterocycles. The van der Waals surface area contributed by atoms with Crippen LogP contribution in [0.4, 0.5) is 0 Å². The first-order chi connectivity index (χ1) is 10.5. The zero-order valence-corrected chi connectivity index (χ0v) is 12.0. The number of aryl methyl sites for hydroxylation is 1. The highest BCUT2D eigenvalue weighted by Gasteiger charge is 2.08. The van der Waals surface area contributed by atoms with E-state index in [1.54, 1.807) is 6.20 Å². The van der Waals surface area contributed by atoms with E-state index < -0.39 is 5.91 Å². The molecular weight excluding hydrogens is 286 g/mol. The van der Waals surface area contributed by atoms with Crippen LogP contribution < -0.4 is 11.1 Å². The van der Waals surface area contributed by atoms with Crippen LogP contribution in [-0.4, -0.2) is 37.2 Å². The number of hydrogen-bond acceptors (Lipinski definition) is 7. The van der Waals surface area contributed by atoms with Crippen LogP contribution >= 0.6 is 0 Å². The molecule has 0 bridgehead atoms. The highest BCUT2D eigenvalue weighted by molar-refractivity contribution is 5.82. The minimum absolute atomic E-state index is 0.00115. The van der Waals surface area contributed by atoms with E-state index in [1.807, 2.05) is 19.1 Å². The van der Waals surface area contributed by atoms with Gasteiger partial charge in [0, 0.05) is 19.0 Å². The van der Waals surface area contributed by atoms with Gasteiger partial charge in [0.25, 0.3) is 0 Å². The molecule has 0 aliphatic heterocycles. The summed E-state index contributed by atoms with van der Waals surface area (Å²) in [6, 6.07) is 3.68. The minimum Gasteiger partial charge on any atom is -0.370 e. The van der Waals surface area contributed by atoms with Crippen molar-refractivity contribution in [2.75, 3.05) is 0 Å². The van der Waals surface area contributed by atoms with Gasteiger partial charge in [-0.1, -0.05) is 0 Å². The monoisotopic (exact) mass is 301 g/mol. The summed E-state index contributed by atoms with van der Waals surface area (Å²) in [5, 5.41) is 18.2. The van der Waals surface area contributed by atoms with Crippen molar-refractivity contribution < 1.29 is 9.59 Å². The van der Waals surface area contributed by atoms with Gasteiger partial charge in [-0.05, 0) is 24.6 Å². The van der Waals surface area contributed by atoms with E-state index in [2.05, 4.69) is 30.7 Å². The Balaban J connectivity index is 1.92. The molecule has 0 saturated carbocycles. The van der Waals surface area contributed by atoms with Gasteiger partial charge in [0.05, 0.1) is 6.54 Å². The maximum Gasteiger partial charge on any atom is 0.221 e. The van der Waals surface area contributed by atoms with Crippen LogP contribution in [0.5, 0.6) is 0 Å². The summed E-state index contributed by atoms with van der Waals surface area (Å²) in [7, 11) is 0. The molecular formula is C13H15N7O2. The van der Waals surface area contributed by atoms with E-state index in [-0.39, 0.29) is 31.1 Å². The van der Waals surface area contributed by atoms with Crippen LogP contribution in [0.2, 0.25) is 0 Å². The Kier molecular flexibility index (Phi) is 5.02. The second kappa shape index (κ2) is 7.16. The molecule has 22 heavy (non-hydrogen) atoms. The first kappa shape index (κ1) is 15.4. The summed E-state index contributed by atoms with van der Waals surface area (Å²) in [4.78, 5) is 26.1. The molecule has 0 aliphatic rings. The second-order valence-corrected chi connectivity index (χ2v) is 4.60. The van der Waals surface area contributed by atoms with Gasteiger partial charge in [-0.3, -0.25) is 14.6 Å². The van der Waals surface area contributed by atoms with Crippen LogP contribution in [-0.2, 0) is 16.1 Å². The number of nitrogens with one attached hydrogen (secondary N) is 1. The average molecular weight is 301 g/mol. The lowest BCUT2D eigenvalue weighted by Crippen LogP contribution is -2.25. The topological polar surface area (TPSA) is 137 Å². The number of hydrogen-bond donors (Lipinski definition) is 2. The first-order valence-corrected chi connectivity index (χ1v) is 6.59. The smallest absolute Gasteiger partial charge is 0.221 e.